The van der Waals surface area contributed by atoms with Crippen molar-refractivity contribution in [2.24, 2.45) is 5.92 Å². The van der Waals surface area contributed by atoms with Gasteiger partial charge < -0.3 is 10.3 Å². The molecule has 3 aromatic rings. The van der Waals surface area contributed by atoms with Gasteiger partial charge in [0.1, 0.15) is 16.9 Å². The predicted octanol–water partition coefficient (Wildman–Crippen LogP) is 4.15. The Morgan fingerprint density at radius 2 is 2.07 bits per heavy atom. The number of nitrogens with two attached hydrogens (primary N) is 1. The first-order valence-electron chi connectivity index (χ1n) is 9.58. The second-order valence-electron chi connectivity index (χ2n) is 7.77. The maximum Gasteiger partial charge on any atom is 0.260 e. The summed E-state index contributed by atoms with van der Waals surface area (Å²) in [5, 5.41) is 3.78. The largest absolute Gasteiger partial charge is 0.332 e. The number of aromatic nitrogens is 2. The van der Waals surface area contributed by atoms with Crippen LogP contribution in [0.15, 0.2) is 29.1 Å². The van der Waals surface area contributed by atoms with Crippen molar-refractivity contribution in [2.75, 3.05) is 0 Å². The van der Waals surface area contributed by atoms with E-state index in [0.717, 1.165) is 45.9 Å². The minimum absolute atomic E-state index is 0.00713. The van der Waals surface area contributed by atoms with Crippen LogP contribution in [0.1, 0.15) is 61.1 Å². The molecule has 142 valence electrons. The van der Waals surface area contributed by atoms with E-state index in [1.165, 1.54) is 10.4 Å². The van der Waals surface area contributed by atoms with Crippen LogP contribution in [0.25, 0.3) is 10.2 Å². The molecule has 2 aromatic heterocycles. The molecule has 0 amide bonds. The number of H-pyrrole nitrogens is 1. The fourth-order valence-corrected chi connectivity index (χ4v) is 5.75. The van der Waals surface area contributed by atoms with Gasteiger partial charge in [-0.25, -0.2) is 4.98 Å². The summed E-state index contributed by atoms with van der Waals surface area (Å²) in [5.74, 6) is 1.42. The lowest BCUT2D eigenvalue weighted by atomic mass is 9.89. The van der Waals surface area contributed by atoms with Crippen molar-refractivity contribution in [3.63, 3.8) is 0 Å². The number of hydrogen-bond acceptors (Lipinski definition) is 3. The molecule has 0 saturated heterocycles. The van der Waals surface area contributed by atoms with Crippen LogP contribution < -0.4 is 10.9 Å². The van der Waals surface area contributed by atoms with Crippen LogP contribution in [-0.2, 0) is 12.8 Å². The maximum absolute atomic E-state index is 12.8. The summed E-state index contributed by atoms with van der Waals surface area (Å²) < 4.78 is 0. The molecule has 0 saturated carbocycles. The van der Waals surface area contributed by atoms with Gasteiger partial charge >= 0.3 is 0 Å². The average Bonchev–Trinajstić information content (AvgIpc) is 2.99. The topological polar surface area (TPSA) is 62.4 Å². The Hall–Kier alpha value is -1.69. The van der Waals surface area contributed by atoms with E-state index in [1.54, 1.807) is 11.3 Å². The van der Waals surface area contributed by atoms with Crippen LogP contribution >= 0.6 is 22.9 Å². The number of aryl methyl sites for hydroxylation is 1. The van der Waals surface area contributed by atoms with Gasteiger partial charge in [-0.2, -0.15) is 0 Å². The predicted molar refractivity (Wildman–Crippen MR) is 112 cm³/mol. The highest BCUT2D eigenvalue weighted by Gasteiger charge is 2.25. The van der Waals surface area contributed by atoms with E-state index in [1.807, 2.05) is 24.3 Å². The fourth-order valence-electron chi connectivity index (χ4n) is 4.05. The molecule has 0 unspecified atom stereocenters. The summed E-state index contributed by atoms with van der Waals surface area (Å²) in [6.45, 7) is 6.48. The summed E-state index contributed by atoms with van der Waals surface area (Å²) >= 11 is 8.03. The SMILES string of the molecule is C[C@H]1CCc2c(sc3nc([C@@H](C)[NH2+][C@@H](C)c4ccccc4Cl)[nH]c(=O)c23)C1. The Morgan fingerprint density at radius 3 is 2.85 bits per heavy atom. The van der Waals surface area contributed by atoms with Gasteiger partial charge in [0.15, 0.2) is 5.82 Å². The molecule has 1 aliphatic rings. The van der Waals surface area contributed by atoms with Gasteiger partial charge in [-0.05, 0) is 50.7 Å². The average molecular weight is 403 g/mol. The van der Waals surface area contributed by atoms with Crippen LogP contribution in [0, 0.1) is 5.92 Å². The molecule has 1 aliphatic carbocycles. The fraction of sp³-hybridized carbons (Fsp3) is 0.429. The summed E-state index contributed by atoms with van der Waals surface area (Å²) in [5.41, 5.74) is 2.33. The molecule has 4 rings (SSSR count). The van der Waals surface area contributed by atoms with Crippen molar-refractivity contribution in [3.05, 3.63) is 61.5 Å². The smallest absolute Gasteiger partial charge is 0.260 e. The number of nitrogens with zero attached hydrogens (tertiary/aromatic N) is 1. The number of rotatable bonds is 4. The third-order valence-corrected chi connectivity index (χ3v) is 7.08. The maximum atomic E-state index is 12.8. The molecular formula is C21H25ClN3OS+. The molecule has 0 aliphatic heterocycles. The Morgan fingerprint density at radius 1 is 1.30 bits per heavy atom. The molecule has 0 bridgehead atoms. The molecule has 3 N–H and O–H groups in total. The van der Waals surface area contributed by atoms with Gasteiger partial charge in [0.25, 0.3) is 5.56 Å². The van der Waals surface area contributed by atoms with E-state index in [4.69, 9.17) is 16.6 Å². The monoisotopic (exact) mass is 402 g/mol. The van der Waals surface area contributed by atoms with E-state index in [-0.39, 0.29) is 17.6 Å². The zero-order valence-electron chi connectivity index (χ0n) is 15.9. The van der Waals surface area contributed by atoms with Crippen molar-refractivity contribution >= 4 is 33.2 Å². The number of hydrogen-bond donors (Lipinski definition) is 2. The van der Waals surface area contributed by atoms with Gasteiger partial charge in [-0.15, -0.1) is 11.3 Å². The quantitative estimate of drug-likeness (QED) is 0.688. The summed E-state index contributed by atoms with van der Waals surface area (Å²) in [4.78, 5) is 22.9. The van der Waals surface area contributed by atoms with Crippen molar-refractivity contribution in [1.29, 1.82) is 0 Å². The molecular weight excluding hydrogens is 378 g/mol. The first kappa shape index (κ1) is 18.7. The highest BCUT2D eigenvalue weighted by Crippen LogP contribution is 2.35. The zero-order valence-corrected chi connectivity index (χ0v) is 17.5. The third kappa shape index (κ3) is 3.56. The lowest BCUT2D eigenvalue weighted by Crippen LogP contribution is -2.85. The number of quaternary nitrogens is 1. The van der Waals surface area contributed by atoms with Crippen molar-refractivity contribution in [1.82, 2.24) is 9.97 Å². The number of halogens is 1. The Labute approximate surface area is 168 Å². The van der Waals surface area contributed by atoms with E-state index >= 15 is 0 Å². The van der Waals surface area contributed by atoms with Crippen LogP contribution in [-0.4, -0.2) is 9.97 Å². The lowest BCUT2D eigenvalue weighted by molar-refractivity contribution is -0.729. The molecule has 27 heavy (non-hydrogen) atoms. The van der Waals surface area contributed by atoms with Crippen LogP contribution in [0.5, 0.6) is 0 Å². The molecule has 6 heteroatoms. The van der Waals surface area contributed by atoms with Crippen molar-refractivity contribution in [3.8, 4) is 0 Å². The first-order valence-corrected chi connectivity index (χ1v) is 10.8. The number of thiophene rings is 1. The van der Waals surface area contributed by atoms with Crippen LogP contribution in [0.4, 0.5) is 0 Å². The molecule has 4 nitrogen and oxygen atoms in total. The molecule has 1 aromatic carbocycles. The van der Waals surface area contributed by atoms with Crippen LogP contribution in [0.2, 0.25) is 5.02 Å². The highest BCUT2D eigenvalue weighted by atomic mass is 35.5. The Bertz CT molecular complexity index is 1040. The van der Waals surface area contributed by atoms with Gasteiger partial charge in [-0.3, -0.25) is 4.79 Å². The zero-order chi connectivity index (χ0) is 19.1. The van der Waals surface area contributed by atoms with Gasteiger partial charge in [0.2, 0.25) is 0 Å². The normalized spacial score (nSPS) is 19.0. The van der Waals surface area contributed by atoms with Gasteiger partial charge in [0, 0.05) is 15.5 Å². The molecule has 0 radical (unpaired) electrons. The summed E-state index contributed by atoms with van der Waals surface area (Å²) in [7, 11) is 0. The molecule has 0 fully saturated rings. The minimum Gasteiger partial charge on any atom is -0.332 e. The van der Waals surface area contributed by atoms with E-state index in [0.29, 0.717) is 5.92 Å². The third-order valence-electron chi connectivity index (χ3n) is 5.59. The van der Waals surface area contributed by atoms with E-state index in [9.17, 15) is 4.79 Å². The number of benzene rings is 1. The lowest BCUT2D eigenvalue weighted by Gasteiger charge is -2.18. The Kier molecular flexibility index (Phi) is 5.10. The number of fused-ring (bicyclic) bond motifs is 3. The summed E-state index contributed by atoms with van der Waals surface area (Å²) in [6.07, 6.45) is 3.21. The molecule has 0 spiro atoms. The van der Waals surface area contributed by atoms with Crippen molar-refractivity contribution < 1.29 is 5.32 Å². The number of aromatic amines is 1. The summed E-state index contributed by atoms with van der Waals surface area (Å²) in [6, 6.07) is 8.10. The molecule has 2 heterocycles. The van der Waals surface area contributed by atoms with E-state index in [2.05, 4.69) is 31.1 Å². The Balaban J connectivity index is 1.64. The second kappa shape index (κ2) is 7.38. The minimum atomic E-state index is 0.00713. The molecule has 3 atom stereocenters. The van der Waals surface area contributed by atoms with E-state index < -0.39 is 0 Å². The van der Waals surface area contributed by atoms with Gasteiger partial charge in [0.05, 0.1) is 5.39 Å². The highest BCUT2D eigenvalue weighted by molar-refractivity contribution is 7.18. The standard InChI is InChI=1S/C21H24ClN3OS/c1-11-8-9-15-17(10-11)27-21-18(15)20(26)24-19(25-21)13(3)23-12(2)14-6-4-5-7-16(14)22/h4-7,11-13,23H,8-10H2,1-3H3,(H,24,25,26)/p+1/t11-,12-,13+/m0/s1. The van der Waals surface area contributed by atoms with Gasteiger partial charge in [-0.1, -0.05) is 36.7 Å². The first-order chi connectivity index (χ1) is 12.9. The van der Waals surface area contributed by atoms with Crippen LogP contribution in [0.3, 0.4) is 0 Å². The number of nitrogens with one attached hydrogen (secondary N) is 1. The second-order valence-corrected chi connectivity index (χ2v) is 9.27. The van der Waals surface area contributed by atoms with Crippen molar-refractivity contribution in [2.45, 2.75) is 52.1 Å².